The highest BCUT2D eigenvalue weighted by molar-refractivity contribution is 5.91. The summed E-state index contributed by atoms with van der Waals surface area (Å²) in [6, 6.07) is 12.0. The Morgan fingerprint density at radius 2 is 1.77 bits per heavy atom. The Morgan fingerprint density at radius 3 is 2.39 bits per heavy atom. The molecule has 2 atom stereocenters. The zero-order valence-corrected chi connectivity index (χ0v) is 17.1. The minimum Gasteiger partial charge on any atom is -0.438 e. The van der Waals surface area contributed by atoms with E-state index < -0.39 is 18.2 Å². The highest BCUT2D eigenvalue weighted by Crippen LogP contribution is 2.35. The molecule has 0 unspecified atom stereocenters. The Kier molecular flexibility index (Phi) is 5.88. The van der Waals surface area contributed by atoms with Crippen molar-refractivity contribution in [1.82, 2.24) is 10.2 Å². The average molecular weight is 425 g/mol. The molecule has 4 rings (SSSR count). The first-order valence-corrected chi connectivity index (χ1v) is 10.4. The number of ether oxygens (including phenoxy) is 1. The lowest BCUT2D eigenvalue weighted by Gasteiger charge is -2.24. The van der Waals surface area contributed by atoms with Gasteiger partial charge < -0.3 is 15.4 Å². The predicted molar refractivity (Wildman–Crippen MR) is 111 cm³/mol. The van der Waals surface area contributed by atoms with Gasteiger partial charge in [0.1, 0.15) is 5.82 Å². The lowest BCUT2D eigenvalue weighted by molar-refractivity contribution is -0.126. The quantitative estimate of drug-likeness (QED) is 0.711. The Hall–Kier alpha value is -3.42. The first-order valence-electron chi connectivity index (χ1n) is 10.4. The third kappa shape index (κ3) is 4.84. The summed E-state index contributed by atoms with van der Waals surface area (Å²) < 4.78 is 18.9. The fraction of sp³-hybridized carbons (Fsp3) is 0.348. The largest absolute Gasteiger partial charge is 0.438 e. The second-order valence-corrected chi connectivity index (χ2v) is 7.81. The number of carbonyl (C=O) groups is 3. The molecule has 7 nitrogen and oxygen atoms in total. The first kappa shape index (κ1) is 20.8. The van der Waals surface area contributed by atoms with Crippen molar-refractivity contribution in [3.63, 3.8) is 0 Å². The van der Waals surface area contributed by atoms with Crippen LogP contribution in [0.2, 0.25) is 0 Å². The van der Waals surface area contributed by atoms with Crippen LogP contribution in [0.15, 0.2) is 48.5 Å². The van der Waals surface area contributed by atoms with E-state index in [0.29, 0.717) is 23.2 Å². The van der Waals surface area contributed by atoms with Gasteiger partial charge in [-0.2, -0.15) is 0 Å². The van der Waals surface area contributed by atoms with Crippen LogP contribution in [-0.4, -0.2) is 34.9 Å². The molecule has 162 valence electrons. The molecule has 3 amide bonds. The molecule has 8 heteroatoms. The fourth-order valence-corrected chi connectivity index (χ4v) is 3.52. The van der Waals surface area contributed by atoms with E-state index in [1.807, 2.05) is 0 Å². The summed E-state index contributed by atoms with van der Waals surface area (Å²) in [5.74, 6) is -0.750. The lowest BCUT2D eigenvalue weighted by atomic mass is 10.00. The maximum atomic E-state index is 13.3. The second-order valence-electron chi connectivity index (χ2n) is 7.81. The number of nitrogens with one attached hydrogen (secondary N) is 2. The summed E-state index contributed by atoms with van der Waals surface area (Å²) in [5, 5.41) is 5.72. The summed E-state index contributed by atoms with van der Waals surface area (Å²) in [6.45, 7) is 1.89. The van der Waals surface area contributed by atoms with Gasteiger partial charge >= 0.3 is 6.09 Å². The Bertz CT molecular complexity index is 973. The number of nitrogens with zero attached hydrogens (tertiary/aromatic N) is 1. The molecule has 0 bridgehead atoms. The number of anilines is 1. The van der Waals surface area contributed by atoms with Gasteiger partial charge in [0.15, 0.2) is 12.1 Å². The van der Waals surface area contributed by atoms with Crippen LogP contribution in [0.1, 0.15) is 43.4 Å². The molecule has 0 aromatic heterocycles. The monoisotopic (exact) mass is 425 g/mol. The van der Waals surface area contributed by atoms with Crippen molar-refractivity contribution in [1.29, 1.82) is 0 Å². The summed E-state index contributed by atoms with van der Waals surface area (Å²) >= 11 is 0. The van der Waals surface area contributed by atoms with Crippen LogP contribution < -0.4 is 10.6 Å². The van der Waals surface area contributed by atoms with Crippen LogP contribution in [-0.2, 0) is 20.9 Å². The molecule has 31 heavy (non-hydrogen) atoms. The minimum atomic E-state index is -0.853. The van der Waals surface area contributed by atoms with E-state index in [2.05, 4.69) is 10.6 Å². The van der Waals surface area contributed by atoms with Gasteiger partial charge in [-0.25, -0.2) is 9.18 Å². The van der Waals surface area contributed by atoms with Crippen molar-refractivity contribution >= 4 is 23.6 Å². The van der Waals surface area contributed by atoms with Crippen LogP contribution in [0.3, 0.4) is 0 Å². The van der Waals surface area contributed by atoms with Crippen LogP contribution in [0.25, 0.3) is 0 Å². The molecule has 2 aliphatic rings. The van der Waals surface area contributed by atoms with Crippen molar-refractivity contribution in [3.05, 3.63) is 65.5 Å². The maximum absolute atomic E-state index is 13.3. The molecule has 1 saturated heterocycles. The number of benzene rings is 2. The summed E-state index contributed by atoms with van der Waals surface area (Å²) in [4.78, 5) is 38.7. The smallest absolute Gasteiger partial charge is 0.411 e. The minimum absolute atomic E-state index is 0.104. The number of halogens is 1. The van der Waals surface area contributed by atoms with E-state index in [4.69, 9.17) is 4.74 Å². The average Bonchev–Trinajstić information content (AvgIpc) is 3.52. The molecule has 2 fully saturated rings. The van der Waals surface area contributed by atoms with Gasteiger partial charge in [0.25, 0.3) is 0 Å². The first-order chi connectivity index (χ1) is 14.9. The van der Waals surface area contributed by atoms with Crippen molar-refractivity contribution in [3.8, 4) is 0 Å². The highest BCUT2D eigenvalue weighted by Gasteiger charge is 2.47. The summed E-state index contributed by atoms with van der Waals surface area (Å²) in [6.07, 6.45) is 0.809. The van der Waals surface area contributed by atoms with E-state index in [9.17, 15) is 18.8 Å². The summed E-state index contributed by atoms with van der Waals surface area (Å²) in [5.41, 5.74) is 1.98. The SMILES string of the molecule is CCC(=O)Nc1ccc([C@H]2OC(=O)N(Cc3ccc(F)cc3)[C@@H]2C(=O)NC2CC2)cc1. The zero-order valence-electron chi connectivity index (χ0n) is 17.1. The van der Waals surface area contributed by atoms with E-state index in [0.717, 1.165) is 12.8 Å². The molecule has 2 aromatic carbocycles. The van der Waals surface area contributed by atoms with Crippen LogP contribution in [0.4, 0.5) is 14.9 Å². The van der Waals surface area contributed by atoms with Crippen molar-refractivity contribution in [2.24, 2.45) is 0 Å². The van der Waals surface area contributed by atoms with Gasteiger partial charge in [-0.15, -0.1) is 0 Å². The molecule has 2 N–H and O–H groups in total. The molecular weight excluding hydrogens is 401 g/mol. The van der Waals surface area contributed by atoms with Crippen molar-refractivity contribution < 1.29 is 23.5 Å². The number of hydrogen-bond donors (Lipinski definition) is 2. The highest BCUT2D eigenvalue weighted by atomic mass is 19.1. The number of hydrogen-bond acceptors (Lipinski definition) is 4. The Labute approximate surface area is 179 Å². The predicted octanol–water partition coefficient (Wildman–Crippen LogP) is 3.51. The van der Waals surface area contributed by atoms with Gasteiger partial charge in [-0.1, -0.05) is 31.2 Å². The van der Waals surface area contributed by atoms with Gasteiger partial charge in [-0.05, 0) is 48.2 Å². The van der Waals surface area contributed by atoms with Crippen molar-refractivity contribution in [2.45, 2.75) is 50.9 Å². The Balaban J connectivity index is 1.58. The van der Waals surface area contributed by atoms with E-state index in [-0.39, 0.29) is 30.2 Å². The van der Waals surface area contributed by atoms with Gasteiger partial charge in [-0.3, -0.25) is 14.5 Å². The fourth-order valence-electron chi connectivity index (χ4n) is 3.52. The van der Waals surface area contributed by atoms with Gasteiger partial charge in [0, 0.05) is 18.2 Å². The van der Waals surface area contributed by atoms with Crippen LogP contribution in [0.5, 0.6) is 0 Å². The van der Waals surface area contributed by atoms with Gasteiger partial charge in [0.05, 0.1) is 6.54 Å². The molecule has 1 aliphatic heterocycles. The second kappa shape index (κ2) is 8.75. The standard InChI is InChI=1S/C23H24FN3O4/c1-2-19(28)25-17-9-5-15(6-10-17)21-20(22(29)26-18-11-12-18)27(23(30)31-21)13-14-3-7-16(24)8-4-14/h3-10,18,20-21H,2,11-13H2,1H3,(H,25,28)(H,26,29)/t20-,21+/m0/s1. The van der Waals surface area contributed by atoms with E-state index in [1.165, 1.54) is 17.0 Å². The molecule has 0 radical (unpaired) electrons. The summed E-state index contributed by atoms with van der Waals surface area (Å²) in [7, 11) is 0. The molecule has 0 spiro atoms. The third-order valence-corrected chi connectivity index (χ3v) is 5.39. The van der Waals surface area contributed by atoms with E-state index >= 15 is 0 Å². The Morgan fingerprint density at radius 1 is 1.10 bits per heavy atom. The topological polar surface area (TPSA) is 87.7 Å². The lowest BCUT2D eigenvalue weighted by Crippen LogP contribution is -2.46. The number of rotatable bonds is 7. The number of carbonyl (C=O) groups excluding carboxylic acids is 3. The van der Waals surface area contributed by atoms with Gasteiger partial charge in [0.2, 0.25) is 11.8 Å². The van der Waals surface area contributed by atoms with Crippen LogP contribution >= 0.6 is 0 Å². The molecule has 1 heterocycles. The molecule has 1 aliphatic carbocycles. The van der Waals surface area contributed by atoms with Crippen LogP contribution in [0, 0.1) is 5.82 Å². The zero-order chi connectivity index (χ0) is 22.0. The van der Waals surface area contributed by atoms with E-state index in [1.54, 1.807) is 43.3 Å². The normalized spacial score (nSPS) is 20.3. The van der Waals surface area contributed by atoms with Crippen molar-refractivity contribution in [2.75, 3.05) is 5.32 Å². The number of cyclic esters (lactones) is 1. The molecule has 2 aromatic rings. The molecular formula is C23H24FN3O4. The molecule has 1 saturated carbocycles. The maximum Gasteiger partial charge on any atom is 0.411 e. The third-order valence-electron chi connectivity index (χ3n) is 5.39. The number of amides is 3.